The fourth-order valence-electron chi connectivity index (χ4n) is 1.99. The topological polar surface area (TPSA) is 41.6 Å². The zero-order chi connectivity index (χ0) is 13.7. The van der Waals surface area contributed by atoms with Crippen molar-refractivity contribution in [2.45, 2.75) is 18.9 Å². The number of nitrogens with one attached hydrogen (secondary N) is 1. The molecule has 1 saturated heterocycles. The first-order valence-electron chi connectivity index (χ1n) is 6.72. The lowest BCUT2D eigenvalue weighted by molar-refractivity contribution is -0.144. The largest absolute Gasteiger partial charge is 0.363 e. The molecule has 0 atom stereocenters. The van der Waals surface area contributed by atoms with Crippen molar-refractivity contribution in [1.82, 2.24) is 10.2 Å². The predicted molar refractivity (Wildman–Crippen MR) is 75.0 cm³/mol. The van der Waals surface area contributed by atoms with Gasteiger partial charge >= 0.3 is 0 Å². The number of nitrogens with zero attached hydrogens (tertiary/aromatic N) is 1. The highest BCUT2D eigenvalue weighted by Gasteiger charge is 2.33. The van der Waals surface area contributed by atoms with Gasteiger partial charge in [0.2, 0.25) is 5.91 Å². The Morgan fingerprint density at radius 2 is 2.05 bits per heavy atom. The van der Waals surface area contributed by atoms with E-state index in [0.29, 0.717) is 0 Å². The Morgan fingerprint density at radius 3 is 2.63 bits per heavy atom. The molecule has 0 aromatic heterocycles. The molecule has 1 aliphatic heterocycles. The van der Waals surface area contributed by atoms with Crippen LogP contribution in [0.2, 0.25) is 0 Å². The number of carbonyl (C=O) groups is 1. The minimum Gasteiger partial charge on any atom is -0.363 e. The van der Waals surface area contributed by atoms with Crippen molar-refractivity contribution in [3.8, 4) is 0 Å². The molecule has 0 unspecified atom stereocenters. The van der Waals surface area contributed by atoms with Gasteiger partial charge in [-0.05, 0) is 18.9 Å². The fraction of sp³-hybridized carbons (Fsp3) is 0.533. The van der Waals surface area contributed by atoms with Crippen LogP contribution >= 0.6 is 0 Å². The van der Waals surface area contributed by atoms with Crippen LogP contribution in [0.25, 0.3) is 0 Å². The smallest absolute Gasteiger partial charge is 0.248 e. The van der Waals surface area contributed by atoms with E-state index < -0.39 is 0 Å². The van der Waals surface area contributed by atoms with Gasteiger partial charge < -0.3 is 15.0 Å². The quantitative estimate of drug-likeness (QED) is 0.833. The highest BCUT2D eigenvalue weighted by atomic mass is 16.5. The van der Waals surface area contributed by atoms with E-state index in [1.807, 2.05) is 32.2 Å². The molecule has 1 heterocycles. The lowest BCUT2D eigenvalue weighted by atomic mass is 10.0. The zero-order valence-corrected chi connectivity index (χ0v) is 11.7. The standard InChI is InChI=1S/C15H22N2O2/c1-15(11-16-12-15)19-10-14(18)17(2)9-8-13-6-4-3-5-7-13/h3-7,16H,8-12H2,1-2H3. The van der Waals surface area contributed by atoms with Crippen molar-refractivity contribution in [3.63, 3.8) is 0 Å². The first kappa shape index (κ1) is 14.0. The normalized spacial score (nSPS) is 16.7. The van der Waals surface area contributed by atoms with Crippen LogP contribution in [0.3, 0.4) is 0 Å². The second-order valence-corrected chi connectivity index (χ2v) is 5.39. The van der Waals surface area contributed by atoms with Crippen LogP contribution in [0.1, 0.15) is 12.5 Å². The number of hydrogen-bond donors (Lipinski definition) is 1. The van der Waals surface area contributed by atoms with Crippen molar-refractivity contribution in [3.05, 3.63) is 35.9 Å². The van der Waals surface area contributed by atoms with E-state index in [1.54, 1.807) is 4.90 Å². The van der Waals surface area contributed by atoms with Crippen LogP contribution in [0.15, 0.2) is 30.3 Å². The molecule has 0 radical (unpaired) electrons. The summed E-state index contributed by atoms with van der Waals surface area (Å²) in [5.74, 6) is 0.0454. The van der Waals surface area contributed by atoms with Crippen molar-refractivity contribution in [2.24, 2.45) is 0 Å². The highest BCUT2D eigenvalue weighted by Crippen LogP contribution is 2.15. The van der Waals surface area contributed by atoms with Crippen molar-refractivity contribution in [2.75, 3.05) is 33.3 Å². The van der Waals surface area contributed by atoms with Crippen molar-refractivity contribution >= 4 is 5.91 Å². The number of amides is 1. The van der Waals surface area contributed by atoms with Gasteiger partial charge in [-0.25, -0.2) is 0 Å². The molecule has 1 aliphatic rings. The van der Waals surface area contributed by atoms with Gasteiger partial charge in [0.15, 0.2) is 0 Å². The van der Waals surface area contributed by atoms with Crippen LogP contribution < -0.4 is 5.32 Å². The van der Waals surface area contributed by atoms with Crippen LogP contribution in [0.5, 0.6) is 0 Å². The van der Waals surface area contributed by atoms with Gasteiger partial charge in [0, 0.05) is 26.7 Å². The Balaban J connectivity index is 1.70. The third-order valence-corrected chi connectivity index (χ3v) is 3.55. The summed E-state index contributed by atoms with van der Waals surface area (Å²) in [6.45, 7) is 4.58. The summed E-state index contributed by atoms with van der Waals surface area (Å²) in [4.78, 5) is 13.7. The summed E-state index contributed by atoms with van der Waals surface area (Å²) in [5.41, 5.74) is 1.09. The summed E-state index contributed by atoms with van der Waals surface area (Å²) in [5, 5.41) is 3.15. The molecular formula is C15H22N2O2. The maximum atomic E-state index is 11.9. The first-order chi connectivity index (χ1) is 9.09. The zero-order valence-electron chi connectivity index (χ0n) is 11.7. The highest BCUT2D eigenvalue weighted by molar-refractivity contribution is 5.77. The van der Waals surface area contributed by atoms with E-state index in [1.165, 1.54) is 5.56 Å². The SMILES string of the molecule is CN(CCc1ccccc1)C(=O)COC1(C)CNC1. The summed E-state index contributed by atoms with van der Waals surface area (Å²) in [6, 6.07) is 10.2. The van der Waals surface area contributed by atoms with Crippen LogP contribution in [-0.4, -0.2) is 49.7 Å². The van der Waals surface area contributed by atoms with Crippen molar-refractivity contribution in [1.29, 1.82) is 0 Å². The summed E-state index contributed by atoms with van der Waals surface area (Å²) in [6.07, 6.45) is 0.877. The number of likely N-dealkylation sites (N-methyl/N-ethyl adjacent to an activating group) is 1. The molecule has 4 nitrogen and oxygen atoms in total. The van der Waals surface area contributed by atoms with E-state index in [0.717, 1.165) is 26.1 Å². The summed E-state index contributed by atoms with van der Waals surface area (Å²) >= 11 is 0. The number of hydrogen-bond acceptors (Lipinski definition) is 3. The molecule has 2 rings (SSSR count). The van der Waals surface area contributed by atoms with E-state index in [-0.39, 0.29) is 18.1 Å². The second kappa shape index (κ2) is 6.17. The number of ether oxygens (including phenoxy) is 1. The molecule has 0 saturated carbocycles. The molecule has 1 N–H and O–H groups in total. The van der Waals surface area contributed by atoms with Crippen LogP contribution in [-0.2, 0) is 16.0 Å². The van der Waals surface area contributed by atoms with E-state index in [2.05, 4.69) is 17.4 Å². The lowest BCUT2D eigenvalue weighted by Crippen LogP contribution is -2.59. The minimum absolute atomic E-state index is 0.0454. The molecule has 1 fully saturated rings. The van der Waals surface area contributed by atoms with E-state index in [4.69, 9.17) is 4.74 Å². The van der Waals surface area contributed by atoms with Crippen molar-refractivity contribution < 1.29 is 9.53 Å². The molecule has 1 aromatic carbocycles. The molecule has 104 valence electrons. The average molecular weight is 262 g/mol. The summed E-state index contributed by atoms with van der Waals surface area (Å²) < 4.78 is 5.65. The molecular weight excluding hydrogens is 240 g/mol. The van der Waals surface area contributed by atoms with Crippen LogP contribution in [0, 0.1) is 0 Å². The van der Waals surface area contributed by atoms with E-state index >= 15 is 0 Å². The maximum Gasteiger partial charge on any atom is 0.248 e. The Bertz CT molecular complexity index is 415. The third kappa shape index (κ3) is 4.04. The maximum absolute atomic E-state index is 11.9. The first-order valence-corrected chi connectivity index (χ1v) is 6.72. The monoisotopic (exact) mass is 262 g/mol. The van der Waals surface area contributed by atoms with Gasteiger partial charge in [0.25, 0.3) is 0 Å². The van der Waals surface area contributed by atoms with Gasteiger partial charge in [-0.3, -0.25) is 4.79 Å². The second-order valence-electron chi connectivity index (χ2n) is 5.39. The molecule has 1 aromatic rings. The number of benzene rings is 1. The predicted octanol–water partition coefficient (Wildman–Crippen LogP) is 1.07. The molecule has 0 spiro atoms. The van der Waals surface area contributed by atoms with Gasteiger partial charge in [-0.1, -0.05) is 30.3 Å². The van der Waals surface area contributed by atoms with Gasteiger partial charge in [-0.15, -0.1) is 0 Å². The Hall–Kier alpha value is -1.39. The fourth-order valence-corrected chi connectivity index (χ4v) is 1.99. The Morgan fingerprint density at radius 1 is 1.37 bits per heavy atom. The third-order valence-electron chi connectivity index (χ3n) is 3.55. The molecule has 0 aliphatic carbocycles. The van der Waals surface area contributed by atoms with E-state index in [9.17, 15) is 4.79 Å². The molecule has 19 heavy (non-hydrogen) atoms. The molecule has 1 amide bonds. The minimum atomic E-state index is -0.157. The Kier molecular flexibility index (Phi) is 4.56. The summed E-state index contributed by atoms with van der Waals surface area (Å²) in [7, 11) is 1.83. The van der Waals surface area contributed by atoms with Gasteiger partial charge in [0.1, 0.15) is 6.61 Å². The van der Waals surface area contributed by atoms with Gasteiger partial charge in [-0.2, -0.15) is 0 Å². The lowest BCUT2D eigenvalue weighted by Gasteiger charge is -2.39. The molecule has 4 heteroatoms. The average Bonchev–Trinajstić information content (AvgIpc) is 2.41. The van der Waals surface area contributed by atoms with Crippen LogP contribution in [0.4, 0.5) is 0 Å². The number of carbonyl (C=O) groups excluding carboxylic acids is 1. The molecule has 0 bridgehead atoms. The Labute approximate surface area is 114 Å². The van der Waals surface area contributed by atoms with Gasteiger partial charge in [0.05, 0.1) is 5.60 Å². The number of rotatable bonds is 6.